The van der Waals surface area contributed by atoms with Gasteiger partial charge in [0, 0.05) is 0 Å². The highest BCUT2D eigenvalue weighted by molar-refractivity contribution is 5.24. The van der Waals surface area contributed by atoms with Crippen LogP contribution >= 0.6 is 0 Å². The largest absolute Gasteiger partial charge is 0.207 e. The molecular weight excluding hydrogens is 159 g/mol. The number of benzene rings is 1. The van der Waals surface area contributed by atoms with Gasteiger partial charge in [-0.15, -0.1) is 4.91 Å². The van der Waals surface area contributed by atoms with Gasteiger partial charge in [0.25, 0.3) is 0 Å². The molecule has 0 aliphatic carbocycles. The average Bonchev–Trinajstić information content (AvgIpc) is 2.07. The third-order valence-corrected chi connectivity index (χ3v) is 1.39. The Morgan fingerprint density at radius 3 is 2.83 bits per heavy atom. The van der Waals surface area contributed by atoms with Crippen molar-refractivity contribution in [2.24, 2.45) is 5.18 Å². The first kappa shape index (κ1) is 8.34. The van der Waals surface area contributed by atoms with Gasteiger partial charge in [0.1, 0.15) is 5.82 Å². The van der Waals surface area contributed by atoms with E-state index in [0.29, 0.717) is 0 Å². The Hall–Kier alpha value is -1.76. The number of halogens is 1. The van der Waals surface area contributed by atoms with Crippen LogP contribution in [0, 0.1) is 22.1 Å². The van der Waals surface area contributed by atoms with Crippen LogP contribution in [0.1, 0.15) is 11.6 Å². The van der Waals surface area contributed by atoms with Gasteiger partial charge in [0.05, 0.1) is 6.07 Å². The van der Waals surface area contributed by atoms with E-state index >= 15 is 0 Å². The Morgan fingerprint density at radius 2 is 2.33 bits per heavy atom. The van der Waals surface area contributed by atoms with E-state index in [1.165, 1.54) is 18.2 Å². The maximum absolute atomic E-state index is 12.5. The van der Waals surface area contributed by atoms with Crippen molar-refractivity contribution in [2.45, 2.75) is 6.04 Å². The summed E-state index contributed by atoms with van der Waals surface area (Å²) >= 11 is 0. The minimum Gasteiger partial charge on any atom is -0.207 e. The molecule has 3 nitrogen and oxygen atoms in total. The molecule has 0 fully saturated rings. The highest BCUT2D eigenvalue weighted by Gasteiger charge is 2.09. The number of nitrogens with zero attached hydrogens (tertiary/aromatic N) is 2. The monoisotopic (exact) mass is 164 g/mol. The molecule has 60 valence electrons. The van der Waals surface area contributed by atoms with Gasteiger partial charge in [-0.05, 0) is 22.9 Å². The van der Waals surface area contributed by atoms with Crippen LogP contribution in [-0.4, -0.2) is 0 Å². The topological polar surface area (TPSA) is 53.2 Å². The van der Waals surface area contributed by atoms with E-state index in [1.807, 2.05) is 0 Å². The van der Waals surface area contributed by atoms with Gasteiger partial charge in [-0.25, -0.2) is 4.39 Å². The molecule has 0 saturated heterocycles. The molecule has 0 aliphatic heterocycles. The molecule has 0 saturated carbocycles. The first-order valence-corrected chi connectivity index (χ1v) is 3.25. The fourth-order valence-corrected chi connectivity index (χ4v) is 0.836. The summed E-state index contributed by atoms with van der Waals surface area (Å²) in [6.07, 6.45) is 0. The van der Waals surface area contributed by atoms with Crippen molar-refractivity contribution in [2.75, 3.05) is 0 Å². The molecule has 1 atom stereocenters. The normalized spacial score (nSPS) is 11.7. The second kappa shape index (κ2) is 3.58. The summed E-state index contributed by atoms with van der Waals surface area (Å²) in [5.74, 6) is -0.476. The van der Waals surface area contributed by atoms with Crippen LogP contribution in [0.3, 0.4) is 0 Å². The number of rotatable bonds is 2. The Morgan fingerprint density at radius 1 is 1.58 bits per heavy atom. The summed E-state index contributed by atoms with van der Waals surface area (Å²) in [6.45, 7) is 0. The summed E-state index contributed by atoms with van der Waals surface area (Å²) in [5, 5.41) is 10.9. The van der Waals surface area contributed by atoms with E-state index in [0.717, 1.165) is 6.07 Å². The van der Waals surface area contributed by atoms with Gasteiger partial charge >= 0.3 is 0 Å². The molecule has 0 N–H and O–H groups in total. The minimum atomic E-state index is -1.11. The van der Waals surface area contributed by atoms with Crippen molar-refractivity contribution >= 4 is 0 Å². The van der Waals surface area contributed by atoms with Crippen LogP contribution in [0.5, 0.6) is 0 Å². The third kappa shape index (κ3) is 1.64. The molecule has 0 aromatic heterocycles. The second-order valence-electron chi connectivity index (χ2n) is 2.19. The van der Waals surface area contributed by atoms with Crippen molar-refractivity contribution in [1.82, 2.24) is 0 Å². The molecule has 0 amide bonds. The van der Waals surface area contributed by atoms with Gasteiger partial charge < -0.3 is 0 Å². The lowest BCUT2D eigenvalue weighted by molar-refractivity contribution is 0.624. The lowest BCUT2D eigenvalue weighted by Gasteiger charge is -1.98. The van der Waals surface area contributed by atoms with Gasteiger partial charge in [-0.1, -0.05) is 12.1 Å². The maximum Gasteiger partial charge on any atom is 0.203 e. The molecule has 1 rings (SSSR count). The van der Waals surface area contributed by atoms with E-state index in [9.17, 15) is 9.30 Å². The predicted octanol–water partition coefficient (Wildman–Crippen LogP) is 2.16. The van der Waals surface area contributed by atoms with Gasteiger partial charge in [0.2, 0.25) is 6.04 Å². The van der Waals surface area contributed by atoms with Crippen molar-refractivity contribution in [1.29, 1.82) is 5.26 Å². The first-order valence-electron chi connectivity index (χ1n) is 3.25. The number of hydrogen-bond acceptors (Lipinski definition) is 3. The molecule has 1 aromatic carbocycles. The van der Waals surface area contributed by atoms with Crippen molar-refractivity contribution in [3.8, 4) is 6.07 Å². The summed E-state index contributed by atoms with van der Waals surface area (Å²) in [4.78, 5) is 10.1. The first-order chi connectivity index (χ1) is 5.77. The molecule has 4 heteroatoms. The van der Waals surface area contributed by atoms with Crippen LogP contribution in [0.4, 0.5) is 4.39 Å². The van der Waals surface area contributed by atoms with E-state index in [4.69, 9.17) is 5.26 Å². The van der Waals surface area contributed by atoms with Crippen molar-refractivity contribution < 1.29 is 4.39 Å². The molecule has 0 spiro atoms. The molecule has 0 aliphatic rings. The summed E-state index contributed by atoms with van der Waals surface area (Å²) in [6, 6.07) is 5.81. The SMILES string of the molecule is N#CC(N=O)c1cccc(F)c1. The number of nitroso groups, excluding NO2 is 1. The Labute approximate surface area is 68.4 Å². The number of nitriles is 1. The van der Waals surface area contributed by atoms with Crippen LogP contribution < -0.4 is 0 Å². The molecule has 12 heavy (non-hydrogen) atoms. The van der Waals surface area contributed by atoms with Crippen molar-refractivity contribution in [3.05, 3.63) is 40.6 Å². The highest BCUT2D eigenvalue weighted by atomic mass is 19.1. The van der Waals surface area contributed by atoms with Crippen LogP contribution in [0.25, 0.3) is 0 Å². The molecular formula is C8H5FN2O. The summed E-state index contributed by atoms with van der Waals surface area (Å²) < 4.78 is 12.5. The van der Waals surface area contributed by atoms with Crippen molar-refractivity contribution in [3.63, 3.8) is 0 Å². The number of hydrogen-bond donors (Lipinski definition) is 0. The highest BCUT2D eigenvalue weighted by Crippen LogP contribution is 2.16. The zero-order valence-electron chi connectivity index (χ0n) is 6.07. The third-order valence-electron chi connectivity index (χ3n) is 1.39. The molecule has 1 aromatic rings. The Balaban J connectivity index is 3.03. The van der Waals surface area contributed by atoms with Gasteiger partial charge in [0.15, 0.2) is 0 Å². The van der Waals surface area contributed by atoms with Crippen LogP contribution in [-0.2, 0) is 0 Å². The lowest BCUT2D eigenvalue weighted by Crippen LogP contribution is -1.90. The minimum absolute atomic E-state index is 0.285. The van der Waals surface area contributed by atoms with Gasteiger partial charge in [-0.3, -0.25) is 0 Å². The molecule has 0 bridgehead atoms. The van der Waals surface area contributed by atoms with Gasteiger partial charge in [-0.2, -0.15) is 5.26 Å². The lowest BCUT2D eigenvalue weighted by atomic mass is 10.1. The Bertz CT molecular complexity index is 332. The van der Waals surface area contributed by atoms with E-state index < -0.39 is 11.9 Å². The second-order valence-corrected chi connectivity index (χ2v) is 2.19. The van der Waals surface area contributed by atoms with Crippen LogP contribution in [0.15, 0.2) is 29.4 Å². The fraction of sp³-hybridized carbons (Fsp3) is 0.125. The average molecular weight is 164 g/mol. The quantitative estimate of drug-likeness (QED) is 0.629. The summed E-state index contributed by atoms with van der Waals surface area (Å²) in [5.41, 5.74) is 0.285. The summed E-state index contributed by atoms with van der Waals surface area (Å²) in [7, 11) is 0. The predicted molar refractivity (Wildman–Crippen MR) is 40.5 cm³/mol. The molecule has 0 radical (unpaired) electrons. The van der Waals surface area contributed by atoms with E-state index in [1.54, 1.807) is 6.07 Å². The fourth-order valence-electron chi connectivity index (χ4n) is 0.836. The zero-order valence-corrected chi connectivity index (χ0v) is 6.07. The maximum atomic E-state index is 12.5. The zero-order chi connectivity index (χ0) is 8.97. The van der Waals surface area contributed by atoms with Crippen LogP contribution in [0.2, 0.25) is 0 Å². The van der Waals surface area contributed by atoms with E-state index in [2.05, 4.69) is 5.18 Å². The molecule has 1 unspecified atom stereocenters. The standard InChI is InChI=1S/C8H5FN2O/c9-7-3-1-2-6(4-7)8(5-10)11-12/h1-4,8H. The smallest absolute Gasteiger partial charge is 0.203 e. The van der Waals surface area contributed by atoms with E-state index in [-0.39, 0.29) is 5.56 Å². The Kier molecular flexibility index (Phi) is 2.49. The molecule has 0 heterocycles.